The minimum Gasteiger partial charge on any atom is -0.481 e. The zero-order valence-corrected chi connectivity index (χ0v) is 9.43. The van der Waals surface area contributed by atoms with Crippen molar-refractivity contribution in [2.45, 2.75) is 19.4 Å². The highest BCUT2D eigenvalue weighted by atomic mass is 35.5. The first-order valence-corrected chi connectivity index (χ1v) is 5.34. The first-order valence-electron chi connectivity index (χ1n) is 4.96. The molecule has 1 aromatic rings. The number of carbonyl (C=O) groups is 1. The number of hydrogen-bond donors (Lipinski definition) is 2. The molecule has 0 saturated heterocycles. The molecule has 0 fully saturated rings. The van der Waals surface area contributed by atoms with Gasteiger partial charge in [0.15, 0.2) is 0 Å². The van der Waals surface area contributed by atoms with Gasteiger partial charge in [0.05, 0.1) is 5.02 Å². The molecule has 0 amide bonds. The van der Waals surface area contributed by atoms with E-state index in [1.807, 2.05) is 0 Å². The number of hydrogen-bond acceptors (Lipinski definition) is 2. The van der Waals surface area contributed by atoms with E-state index >= 15 is 0 Å². The summed E-state index contributed by atoms with van der Waals surface area (Å²) in [6.45, 7) is 0.893. The van der Waals surface area contributed by atoms with Crippen LogP contribution >= 0.6 is 11.6 Å². The van der Waals surface area contributed by atoms with Crippen LogP contribution in [0.1, 0.15) is 18.4 Å². The molecule has 0 aliphatic carbocycles. The smallest absolute Gasteiger partial charge is 0.303 e. The third-order valence-electron chi connectivity index (χ3n) is 2.09. The Labute approximate surface area is 98.2 Å². The lowest BCUT2D eigenvalue weighted by Gasteiger charge is -2.05. The molecule has 2 N–H and O–H groups in total. The summed E-state index contributed by atoms with van der Waals surface area (Å²) < 4.78 is 13.4. The van der Waals surface area contributed by atoms with Gasteiger partial charge in [0.1, 0.15) is 5.82 Å². The van der Waals surface area contributed by atoms with Crippen molar-refractivity contribution in [1.29, 1.82) is 0 Å². The number of benzene rings is 1. The number of nitrogens with one attached hydrogen (secondary N) is 1. The molecule has 0 saturated carbocycles. The molecule has 0 aromatic heterocycles. The number of carboxylic acid groups (broad SMARTS) is 1. The van der Waals surface area contributed by atoms with E-state index in [1.54, 1.807) is 12.1 Å². The summed E-state index contributed by atoms with van der Waals surface area (Å²) in [5, 5.41) is 11.5. The normalized spacial score (nSPS) is 10.4. The highest BCUT2D eigenvalue weighted by Crippen LogP contribution is 2.17. The summed E-state index contributed by atoms with van der Waals surface area (Å²) in [5.74, 6) is -1.24. The fourth-order valence-electron chi connectivity index (χ4n) is 1.27. The number of carboxylic acids is 1. The third-order valence-corrected chi connectivity index (χ3v) is 2.38. The lowest BCUT2D eigenvalue weighted by molar-refractivity contribution is -0.137. The van der Waals surface area contributed by atoms with E-state index in [1.165, 1.54) is 6.07 Å². The standard InChI is InChI=1S/C11H13ClFNO2/c12-9-4-1-3-8(11(9)13)7-14-6-2-5-10(15)16/h1,3-4,14H,2,5-7H2,(H,15,16). The molecule has 1 aromatic carbocycles. The van der Waals surface area contributed by atoms with Crippen LogP contribution in [0.4, 0.5) is 4.39 Å². The van der Waals surface area contributed by atoms with Crippen molar-refractivity contribution in [3.8, 4) is 0 Å². The summed E-state index contributed by atoms with van der Waals surface area (Å²) >= 11 is 5.61. The second-order valence-corrected chi connectivity index (χ2v) is 3.79. The minimum absolute atomic E-state index is 0.102. The van der Waals surface area contributed by atoms with Gasteiger partial charge in [-0.2, -0.15) is 0 Å². The van der Waals surface area contributed by atoms with E-state index in [0.29, 0.717) is 25.1 Å². The molecule has 0 atom stereocenters. The fraction of sp³-hybridized carbons (Fsp3) is 0.364. The van der Waals surface area contributed by atoms with Crippen molar-refractivity contribution < 1.29 is 14.3 Å². The lowest BCUT2D eigenvalue weighted by Crippen LogP contribution is -2.16. The minimum atomic E-state index is -0.823. The molecule has 5 heteroatoms. The number of halogens is 2. The SMILES string of the molecule is O=C(O)CCCNCc1cccc(Cl)c1F. The summed E-state index contributed by atoms with van der Waals surface area (Å²) in [6.07, 6.45) is 0.641. The number of aliphatic carboxylic acids is 1. The van der Waals surface area contributed by atoms with E-state index in [9.17, 15) is 9.18 Å². The van der Waals surface area contributed by atoms with Crippen LogP contribution in [0.25, 0.3) is 0 Å². The second-order valence-electron chi connectivity index (χ2n) is 3.39. The third kappa shape index (κ3) is 4.16. The maximum absolute atomic E-state index is 13.4. The number of rotatable bonds is 6. The molecule has 88 valence electrons. The average Bonchev–Trinajstić information content (AvgIpc) is 2.23. The first kappa shape index (κ1) is 12.9. The maximum Gasteiger partial charge on any atom is 0.303 e. The van der Waals surface area contributed by atoms with Crippen LogP contribution in [0.2, 0.25) is 5.02 Å². The lowest BCUT2D eigenvalue weighted by atomic mass is 10.2. The van der Waals surface area contributed by atoms with Crippen LogP contribution in [0.15, 0.2) is 18.2 Å². The van der Waals surface area contributed by atoms with Gasteiger partial charge in [-0.15, -0.1) is 0 Å². The van der Waals surface area contributed by atoms with Crippen molar-refractivity contribution in [3.05, 3.63) is 34.6 Å². The van der Waals surface area contributed by atoms with Crippen LogP contribution in [-0.2, 0) is 11.3 Å². The quantitative estimate of drug-likeness (QED) is 0.757. The van der Waals surface area contributed by atoms with Gasteiger partial charge < -0.3 is 10.4 Å². The topological polar surface area (TPSA) is 49.3 Å². The molecule has 3 nitrogen and oxygen atoms in total. The van der Waals surface area contributed by atoms with Crippen LogP contribution < -0.4 is 5.32 Å². The summed E-state index contributed by atoms with van der Waals surface area (Å²) in [7, 11) is 0. The summed E-state index contributed by atoms with van der Waals surface area (Å²) in [5.41, 5.74) is 0.489. The van der Waals surface area contributed by atoms with Crippen molar-refractivity contribution in [1.82, 2.24) is 5.32 Å². The Balaban J connectivity index is 2.32. The average molecular weight is 246 g/mol. The van der Waals surface area contributed by atoms with Gasteiger partial charge in [0.25, 0.3) is 0 Å². The zero-order valence-electron chi connectivity index (χ0n) is 8.67. The summed E-state index contributed by atoms with van der Waals surface area (Å²) in [6, 6.07) is 4.82. The van der Waals surface area contributed by atoms with E-state index in [-0.39, 0.29) is 11.4 Å². The highest BCUT2D eigenvalue weighted by molar-refractivity contribution is 6.30. The Kier molecular flexibility index (Phi) is 5.22. The van der Waals surface area contributed by atoms with Crippen LogP contribution in [0, 0.1) is 5.82 Å². The van der Waals surface area contributed by atoms with Crippen molar-refractivity contribution in [2.75, 3.05) is 6.54 Å². The molecule has 1 rings (SSSR count). The molecule has 0 unspecified atom stereocenters. The highest BCUT2D eigenvalue weighted by Gasteiger charge is 2.05. The van der Waals surface area contributed by atoms with E-state index < -0.39 is 11.8 Å². The van der Waals surface area contributed by atoms with Crippen molar-refractivity contribution in [2.24, 2.45) is 0 Å². The van der Waals surface area contributed by atoms with Crippen molar-refractivity contribution >= 4 is 17.6 Å². The first-order chi connectivity index (χ1) is 7.61. The fourth-order valence-corrected chi connectivity index (χ4v) is 1.47. The molecular formula is C11H13ClFNO2. The molecule has 0 spiro atoms. The van der Waals surface area contributed by atoms with Gasteiger partial charge in [-0.1, -0.05) is 23.7 Å². The van der Waals surface area contributed by atoms with Gasteiger partial charge in [-0.25, -0.2) is 4.39 Å². The molecular weight excluding hydrogens is 233 g/mol. The van der Waals surface area contributed by atoms with Crippen molar-refractivity contribution in [3.63, 3.8) is 0 Å². The van der Waals surface area contributed by atoms with Crippen LogP contribution in [0.5, 0.6) is 0 Å². The van der Waals surface area contributed by atoms with Gasteiger partial charge in [0.2, 0.25) is 0 Å². The van der Waals surface area contributed by atoms with E-state index in [0.717, 1.165) is 0 Å². The molecule has 0 aliphatic heterocycles. The molecule has 0 aliphatic rings. The Hall–Kier alpha value is -1.13. The Morgan fingerprint density at radius 3 is 2.94 bits per heavy atom. The molecule has 16 heavy (non-hydrogen) atoms. The molecule has 0 bridgehead atoms. The Bertz CT molecular complexity index is 371. The predicted octanol–water partition coefficient (Wildman–Crippen LogP) is 2.43. The Morgan fingerprint density at radius 1 is 1.50 bits per heavy atom. The second kappa shape index (κ2) is 6.45. The van der Waals surface area contributed by atoms with Gasteiger partial charge >= 0.3 is 5.97 Å². The van der Waals surface area contributed by atoms with E-state index in [2.05, 4.69) is 5.32 Å². The Morgan fingerprint density at radius 2 is 2.25 bits per heavy atom. The monoisotopic (exact) mass is 245 g/mol. The maximum atomic E-state index is 13.4. The van der Waals surface area contributed by atoms with Gasteiger partial charge in [-0.05, 0) is 19.0 Å². The molecule has 0 heterocycles. The van der Waals surface area contributed by atoms with Gasteiger partial charge in [0, 0.05) is 18.5 Å². The van der Waals surface area contributed by atoms with Gasteiger partial charge in [-0.3, -0.25) is 4.79 Å². The van der Waals surface area contributed by atoms with Crippen LogP contribution in [0.3, 0.4) is 0 Å². The van der Waals surface area contributed by atoms with Crippen LogP contribution in [-0.4, -0.2) is 17.6 Å². The van der Waals surface area contributed by atoms with E-state index in [4.69, 9.17) is 16.7 Å². The largest absolute Gasteiger partial charge is 0.481 e. The zero-order chi connectivity index (χ0) is 12.0. The predicted molar refractivity (Wildman–Crippen MR) is 60.0 cm³/mol. The summed E-state index contributed by atoms with van der Waals surface area (Å²) in [4.78, 5) is 10.2. The molecule has 0 radical (unpaired) electrons.